The lowest BCUT2D eigenvalue weighted by Gasteiger charge is -2.26. The average molecular weight is 667 g/mol. The molecule has 0 aromatic carbocycles. The van der Waals surface area contributed by atoms with E-state index >= 15 is 4.39 Å². The first-order valence-corrected chi connectivity index (χ1v) is 17.1. The summed E-state index contributed by atoms with van der Waals surface area (Å²) in [5, 5.41) is 0. The molecule has 6 rings (SSSR count). The summed E-state index contributed by atoms with van der Waals surface area (Å²) in [4.78, 5) is 59.4. The normalized spacial score (nSPS) is 38.7. The quantitative estimate of drug-likeness (QED) is 0.265. The molecule has 0 aliphatic carbocycles. The molecule has 23 heteroatoms. The first kappa shape index (κ1) is 30.5. The molecule has 0 saturated carbocycles. The number of nitrogens with one attached hydrogen (secondary N) is 1. The second-order valence-corrected chi connectivity index (χ2v) is 14.8. The minimum Gasteiger partial charge on any atom is -0.382 e. The van der Waals surface area contributed by atoms with Gasteiger partial charge >= 0.3 is 20.3 Å². The summed E-state index contributed by atoms with van der Waals surface area (Å²) < 4.78 is 77.2. The average Bonchev–Trinajstić information content (AvgIpc) is 3.60. The number of nitrogens with zero attached hydrogens (tertiary/aromatic N) is 5. The number of phosphoric ester groups is 1. The molecule has 3 aromatic rings. The van der Waals surface area contributed by atoms with Gasteiger partial charge in [-0.15, -0.1) is 0 Å². The van der Waals surface area contributed by atoms with E-state index in [2.05, 4.69) is 19.9 Å². The number of aromatic amines is 1. The largest absolute Gasteiger partial charge is 0.472 e. The Morgan fingerprint density at radius 1 is 1.12 bits per heavy atom. The number of methoxy groups -OCH3 is 1. The molecule has 234 valence electrons. The lowest BCUT2D eigenvalue weighted by molar-refractivity contribution is -0.0660. The number of alkyl halides is 1. The minimum atomic E-state index is -5.10. The maximum Gasteiger partial charge on any atom is 0.472 e. The first-order valence-electron chi connectivity index (χ1n) is 12.4. The summed E-state index contributed by atoms with van der Waals surface area (Å²) >= 11 is 0.330. The van der Waals surface area contributed by atoms with Crippen molar-refractivity contribution < 1.29 is 51.1 Å². The van der Waals surface area contributed by atoms with Crippen molar-refractivity contribution in [1.29, 1.82) is 0 Å². The second-order valence-electron chi connectivity index (χ2n) is 9.54. The van der Waals surface area contributed by atoms with Gasteiger partial charge in [-0.05, 0) is 11.4 Å². The maximum atomic E-state index is 15.7. The van der Waals surface area contributed by atoms with E-state index in [0.29, 0.717) is 11.4 Å². The Balaban J connectivity index is 1.33. The number of phosphoric acid groups is 1. The van der Waals surface area contributed by atoms with Gasteiger partial charge in [0.25, 0.3) is 5.56 Å². The lowest BCUT2D eigenvalue weighted by atomic mass is 10.1. The first-order chi connectivity index (χ1) is 20.4. The number of halogens is 1. The number of hydrogen-bond donors (Lipinski definition) is 4. The van der Waals surface area contributed by atoms with Gasteiger partial charge < -0.3 is 29.7 Å². The molecule has 0 amide bonds. The van der Waals surface area contributed by atoms with Crippen LogP contribution in [0.1, 0.15) is 12.5 Å². The molecule has 10 atom stereocenters. The molecule has 6 heterocycles. The number of ether oxygens (including phenoxy) is 3. The topological polar surface area (TPSA) is 254 Å². The van der Waals surface area contributed by atoms with Crippen molar-refractivity contribution in [2.75, 3.05) is 25.2 Å². The summed E-state index contributed by atoms with van der Waals surface area (Å²) in [6.07, 6.45) is -8.73. The van der Waals surface area contributed by atoms with Crippen LogP contribution in [0.15, 0.2) is 34.5 Å². The Bertz CT molecular complexity index is 1740. The number of rotatable bonds is 3. The van der Waals surface area contributed by atoms with Crippen LogP contribution in [0.3, 0.4) is 0 Å². The minimum absolute atomic E-state index is 0.0164. The SMILES string of the molecule is CO[C@@H]1[C@@H]2OP(=O)(O)SC[C@H]3O[C@@H](n4cnc5c(N)ncnc54)[C@H](OP(=O)(O)OC[C@H]2O[C@H]1n1ccc(=O)[nH]c1=O)[C@@H]3F. The number of imidazole rings is 1. The zero-order chi connectivity index (χ0) is 30.7. The van der Waals surface area contributed by atoms with Gasteiger partial charge in [-0.3, -0.25) is 32.5 Å². The third-order valence-corrected chi connectivity index (χ3v) is 10.9. The van der Waals surface area contributed by atoms with Gasteiger partial charge in [0, 0.05) is 25.1 Å². The van der Waals surface area contributed by atoms with Crippen LogP contribution in [0.5, 0.6) is 0 Å². The number of H-pyrrole nitrogens is 1. The van der Waals surface area contributed by atoms with E-state index in [-0.39, 0.29) is 17.0 Å². The Morgan fingerprint density at radius 3 is 2.63 bits per heavy atom. The molecular weight excluding hydrogens is 643 g/mol. The van der Waals surface area contributed by atoms with E-state index in [1.165, 1.54) is 18.0 Å². The lowest BCUT2D eigenvalue weighted by Crippen LogP contribution is -2.39. The van der Waals surface area contributed by atoms with E-state index in [1.54, 1.807) is 0 Å². The predicted molar refractivity (Wildman–Crippen MR) is 142 cm³/mol. The van der Waals surface area contributed by atoms with Crippen LogP contribution in [0, 0.1) is 0 Å². The molecule has 3 fully saturated rings. The van der Waals surface area contributed by atoms with Crippen molar-refractivity contribution in [2.24, 2.45) is 0 Å². The molecule has 3 aliphatic rings. The standard InChI is InChI=1S/C20H24FN7O12P2S/c1-35-15-13-8(37-19(15)27-3-2-10(29)26-20(27)30)4-36-41(31,32)39-14-11(21)9(5-43-42(33,34)40-13)38-18(14)28-7-25-12-16(22)23-6-24-17(12)28/h2-3,6-9,11,13-15,18-19H,4-5H2,1H3,(H,31,32)(H,33,34)(H2,22,23,24)(H,26,29,30)/t8-,9-,11-,13-,14-,15-,18-,19-/m1/s1. The van der Waals surface area contributed by atoms with Gasteiger partial charge in [0.1, 0.15) is 42.4 Å². The monoisotopic (exact) mass is 667 g/mol. The van der Waals surface area contributed by atoms with Crippen molar-refractivity contribution in [3.8, 4) is 0 Å². The van der Waals surface area contributed by atoms with E-state index < -0.39 is 87.4 Å². The predicted octanol–water partition coefficient (Wildman–Crippen LogP) is -0.159. The van der Waals surface area contributed by atoms with Crippen LogP contribution in [0.4, 0.5) is 10.2 Å². The fourth-order valence-corrected chi connectivity index (χ4v) is 8.63. The number of fused-ring (bicyclic) bond motifs is 4. The third kappa shape index (κ3) is 5.83. The molecule has 2 unspecified atom stereocenters. The summed E-state index contributed by atoms with van der Waals surface area (Å²) in [6.45, 7) is -5.44. The van der Waals surface area contributed by atoms with Crippen LogP contribution >= 0.6 is 26.0 Å². The van der Waals surface area contributed by atoms with Crippen LogP contribution in [0.25, 0.3) is 11.2 Å². The molecule has 0 spiro atoms. The third-order valence-electron chi connectivity index (χ3n) is 6.92. The molecule has 3 aliphatic heterocycles. The molecule has 2 bridgehead atoms. The number of anilines is 1. The van der Waals surface area contributed by atoms with Gasteiger partial charge in [0.15, 0.2) is 30.1 Å². The highest BCUT2D eigenvalue weighted by Gasteiger charge is 2.54. The summed E-state index contributed by atoms with van der Waals surface area (Å²) in [5.74, 6) is -0.452. The van der Waals surface area contributed by atoms with E-state index in [9.17, 15) is 28.5 Å². The highest BCUT2D eigenvalue weighted by Crippen LogP contribution is 2.60. The molecule has 3 saturated heterocycles. The summed E-state index contributed by atoms with van der Waals surface area (Å²) in [7, 11) is -3.90. The van der Waals surface area contributed by atoms with Crippen molar-refractivity contribution in [1.82, 2.24) is 29.1 Å². The smallest absolute Gasteiger partial charge is 0.382 e. The highest BCUT2D eigenvalue weighted by molar-refractivity contribution is 8.54. The van der Waals surface area contributed by atoms with Crippen LogP contribution in [0.2, 0.25) is 0 Å². The van der Waals surface area contributed by atoms with Gasteiger partial charge in [0.05, 0.1) is 12.9 Å². The van der Waals surface area contributed by atoms with E-state index in [4.69, 9.17) is 33.5 Å². The number of nitrogens with two attached hydrogens (primary N) is 1. The van der Waals surface area contributed by atoms with Crippen molar-refractivity contribution in [2.45, 2.75) is 49.1 Å². The number of hydrogen-bond acceptors (Lipinski definition) is 15. The van der Waals surface area contributed by atoms with E-state index in [0.717, 1.165) is 23.2 Å². The highest BCUT2D eigenvalue weighted by atomic mass is 32.7. The summed E-state index contributed by atoms with van der Waals surface area (Å²) in [6, 6.07) is 1.04. The molecule has 5 N–H and O–H groups in total. The summed E-state index contributed by atoms with van der Waals surface area (Å²) in [5.41, 5.74) is 4.51. The Hall–Kier alpha value is -2.55. The molecule has 43 heavy (non-hydrogen) atoms. The molecule has 3 aromatic heterocycles. The van der Waals surface area contributed by atoms with Crippen molar-refractivity contribution >= 4 is 43.0 Å². The fourth-order valence-electron chi connectivity index (χ4n) is 5.00. The number of nitrogen functional groups attached to an aromatic ring is 1. The van der Waals surface area contributed by atoms with Gasteiger partial charge in [-0.1, -0.05) is 0 Å². The molecule has 19 nitrogen and oxygen atoms in total. The van der Waals surface area contributed by atoms with Crippen molar-refractivity contribution in [3.63, 3.8) is 0 Å². The fraction of sp³-hybridized carbons (Fsp3) is 0.550. The number of aromatic nitrogens is 6. The molecule has 0 radical (unpaired) electrons. The zero-order valence-corrected chi connectivity index (χ0v) is 24.4. The van der Waals surface area contributed by atoms with E-state index in [1.807, 2.05) is 0 Å². The maximum absolute atomic E-state index is 15.7. The zero-order valence-electron chi connectivity index (χ0n) is 21.8. The second kappa shape index (κ2) is 11.4. The van der Waals surface area contributed by atoms with Gasteiger partial charge in [-0.2, -0.15) is 0 Å². The Labute approximate surface area is 243 Å². The molecular formula is C20H24FN7O12P2S. The van der Waals surface area contributed by atoms with Gasteiger partial charge in [-0.25, -0.2) is 33.3 Å². The van der Waals surface area contributed by atoms with Gasteiger partial charge in [0.2, 0.25) is 0 Å². The van der Waals surface area contributed by atoms with Crippen LogP contribution in [-0.4, -0.2) is 95.0 Å². The van der Waals surface area contributed by atoms with Crippen molar-refractivity contribution in [3.05, 3.63) is 45.8 Å². The van der Waals surface area contributed by atoms with Crippen LogP contribution in [-0.2, 0) is 36.9 Å². The van der Waals surface area contributed by atoms with Crippen LogP contribution < -0.4 is 17.0 Å². The Kier molecular flexibility index (Phi) is 8.10. The Morgan fingerprint density at radius 2 is 1.88 bits per heavy atom.